The Morgan fingerprint density at radius 3 is 2.68 bits per heavy atom. The quantitative estimate of drug-likeness (QED) is 0.731. The van der Waals surface area contributed by atoms with Crippen LogP contribution in [0.4, 0.5) is 4.79 Å². The van der Waals surface area contributed by atoms with Gasteiger partial charge in [-0.3, -0.25) is 0 Å². The average Bonchev–Trinajstić information content (AvgIpc) is 2.44. The predicted octanol–water partition coefficient (Wildman–Crippen LogP) is 1.51. The first kappa shape index (κ1) is 15.3. The number of carbonyl (C=O) groups is 1. The van der Waals surface area contributed by atoms with Crippen molar-refractivity contribution in [2.45, 2.75) is 26.4 Å². The minimum atomic E-state index is -0.251. The van der Waals surface area contributed by atoms with Crippen LogP contribution in [0.2, 0.25) is 0 Å². The van der Waals surface area contributed by atoms with Crippen molar-refractivity contribution >= 4 is 6.03 Å². The molecule has 1 aromatic carbocycles. The Labute approximate surface area is 114 Å². The van der Waals surface area contributed by atoms with Gasteiger partial charge < -0.3 is 20.5 Å². The molecule has 0 aliphatic rings. The van der Waals surface area contributed by atoms with Crippen LogP contribution < -0.4 is 15.4 Å². The summed E-state index contributed by atoms with van der Waals surface area (Å²) in [7, 11) is 1.60. The molecule has 0 bridgehead atoms. The molecule has 0 fully saturated rings. The SMILES string of the molecule is COc1ccccc1CNC(=O)NC(C)C(C)CO. The van der Waals surface area contributed by atoms with Gasteiger partial charge >= 0.3 is 6.03 Å². The van der Waals surface area contributed by atoms with Crippen molar-refractivity contribution in [2.24, 2.45) is 5.92 Å². The van der Waals surface area contributed by atoms with Gasteiger partial charge in [0.15, 0.2) is 0 Å². The first-order valence-corrected chi connectivity index (χ1v) is 6.35. The molecule has 2 amide bonds. The Morgan fingerprint density at radius 1 is 1.37 bits per heavy atom. The summed E-state index contributed by atoms with van der Waals surface area (Å²) in [5.41, 5.74) is 0.919. The van der Waals surface area contributed by atoms with Gasteiger partial charge in [0.05, 0.1) is 7.11 Å². The molecule has 0 aliphatic carbocycles. The average molecular weight is 266 g/mol. The van der Waals surface area contributed by atoms with Crippen molar-refractivity contribution < 1.29 is 14.6 Å². The molecule has 5 heteroatoms. The van der Waals surface area contributed by atoms with Gasteiger partial charge in [0.2, 0.25) is 0 Å². The zero-order chi connectivity index (χ0) is 14.3. The van der Waals surface area contributed by atoms with Gasteiger partial charge in [0, 0.05) is 24.8 Å². The van der Waals surface area contributed by atoms with Gasteiger partial charge in [0.25, 0.3) is 0 Å². The maximum Gasteiger partial charge on any atom is 0.315 e. The zero-order valence-corrected chi connectivity index (χ0v) is 11.6. The second kappa shape index (κ2) is 7.63. The van der Waals surface area contributed by atoms with E-state index in [0.717, 1.165) is 11.3 Å². The maximum atomic E-state index is 11.7. The van der Waals surface area contributed by atoms with Crippen molar-refractivity contribution in [3.05, 3.63) is 29.8 Å². The number of rotatable bonds is 6. The molecule has 0 radical (unpaired) electrons. The fraction of sp³-hybridized carbons (Fsp3) is 0.500. The summed E-state index contributed by atoms with van der Waals surface area (Å²) in [5, 5.41) is 14.6. The largest absolute Gasteiger partial charge is 0.496 e. The smallest absolute Gasteiger partial charge is 0.315 e. The predicted molar refractivity (Wildman–Crippen MR) is 74.1 cm³/mol. The fourth-order valence-corrected chi connectivity index (χ4v) is 1.58. The summed E-state index contributed by atoms with van der Waals surface area (Å²) in [6.07, 6.45) is 0. The van der Waals surface area contributed by atoms with Gasteiger partial charge in [-0.05, 0) is 18.9 Å². The second-order valence-corrected chi connectivity index (χ2v) is 4.59. The monoisotopic (exact) mass is 266 g/mol. The van der Waals surface area contributed by atoms with Crippen LogP contribution in [0.1, 0.15) is 19.4 Å². The van der Waals surface area contributed by atoms with Crippen LogP contribution in [0.15, 0.2) is 24.3 Å². The van der Waals surface area contributed by atoms with Crippen molar-refractivity contribution in [1.29, 1.82) is 0 Å². The third-order valence-electron chi connectivity index (χ3n) is 3.13. The van der Waals surface area contributed by atoms with E-state index in [1.54, 1.807) is 7.11 Å². The van der Waals surface area contributed by atoms with Crippen LogP contribution in [-0.4, -0.2) is 30.9 Å². The lowest BCUT2D eigenvalue weighted by molar-refractivity contribution is 0.200. The lowest BCUT2D eigenvalue weighted by Gasteiger charge is -2.19. The van der Waals surface area contributed by atoms with Crippen LogP contribution in [0.5, 0.6) is 5.75 Å². The molecular weight excluding hydrogens is 244 g/mol. The number of urea groups is 1. The number of hydrogen-bond donors (Lipinski definition) is 3. The minimum absolute atomic E-state index is 0.0250. The lowest BCUT2D eigenvalue weighted by atomic mass is 10.1. The lowest BCUT2D eigenvalue weighted by Crippen LogP contribution is -2.44. The highest BCUT2D eigenvalue weighted by atomic mass is 16.5. The number of hydrogen-bond acceptors (Lipinski definition) is 3. The number of aliphatic hydroxyl groups is 1. The molecular formula is C14H22N2O3. The van der Waals surface area contributed by atoms with E-state index in [2.05, 4.69) is 10.6 Å². The molecule has 0 aliphatic heterocycles. The van der Waals surface area contributed by atoms with Crippen molar-refractivity contribution in [1.82, 2.24) is 10.6 Å². The van der Waals surface area contributed by atoms with Crippen LogP contribution in [-0.2, 0) is 6.54 Å². The summed E-state index contributed by atoms with van der Waals surface area (Å²) < 4.78 is 5.21. The molecule has 0 heterocycles. The molecule has 2 unspecified atom stereocenters. The molecule has 3 N–H and O–H groups in total. The molecule has 1 aromatic rings. The highest BCUT2D eigenvalue weighted by Crippen LogP contribution is 2.16. The van der Waals surface area contributed by atoms with E-state index in [9.17, 15) is 4.79 Å². The van der Waals surface area contributed by atoms with Gasteiger partial charge in [-0.2, -0.15) is 0 Å². The maximum absolute atomic E-state index is 11.7. The minimum Gasteiger partial charge on any atom is -0.496 e. The Hall–Kier alpha value is -1.75. The van der Waals surface area contributed by atoms with E-state index in [1.165, 1.54) is 0 Å². The second-order valence-electron chi connectivity index (χ2n) is 4.59. The van der Waals surface area contributed by atoms with E-state index in [-0.39, 0.29) is 24.6 Å². The molecule has 1 rings (SSSR count). The summed E-state index contributed by atoms with van der Waals surface area (Å²) in [4.78, 5) is 11.7. The highest BCUT2D eigenvalue weighted by molar-refractivity contribution is 5.74. The number of amides is 2. The van der Waals surface area contributed by atoms with Crippen LogP contribution in [0, 0.1) is 5.92 Å². The molecule has 19 heavy (non-hydrogen) atoms. The fourth-order valence-electron chi connectivity index (χ4n) is 1.58. The van der Waals surface area contributed by atoms with Crippen LogP contribution in [0.3, 0.4) is 0 Å². The molecule has 0 saturated carbocycles. The standard InChI is InChI=1S/C14H22N2O3/c1-10(9-17)11(2)16-14(18)15-8-12-6-4-5-7-13(12)19-3/h4-7,10-11,17H,8-9H2,1-3H3,(H2,15,16,18). The molecule has 5 nitrogen and oxygen atoms in total. The van der Waals surface area contributed by atoms with Crippen molar-refractivity contribution in [3.8, 4) is 5.75 Å². The van der Waals surface area contributed by atoms with E-state index in [0.29, 0.717) is 6.54 Å². The van der Waals surface area contributed by atoms with Crippen LogP contribution >= 0.6 is 0 Å². The number of aliphatic hydroxyl groups excluding tert-OH is 1. The zero-order valence-electron chi connectivity index (χ0n) is 11.6. The Bertz CT molecular complexity index is 409. The van der Waals surface area contributed by atoms with E-state index < -0.39 is 0 Å². The Balaban J connectivity index is 2.46. The molecule has 0 aromatic heterocycles. The number of nitrogens with one attached hydrogen (secondary N) is 2. The van der Waals surface area contributed by atoms with Gasteiger partial charge in [-0.1, -0.05) is 25.1 Å². The summed E-state index contributed by atoms with van der Waals surface area (Å²) in [6, 6.07) is 7.20. The molecule has 106 valence electrons. The first-order valence-electron chi connectivity index (χ1n) is 6.35. The molecule has 2 atom stereocenters. The Kier molecular flexibility index (Phi) is 6.15. The van der Waals surface area contributed by atoms with Gasteiger partial charge in [-0.15, -0.1) is 0 Å². The number of ether oxygens (including phenoxy) is 1. The van der Waals surface area contributed by atoms with Crippen molar-refractivity contribution in [3.63, 3.8) is 0 Å². The third-order valence-corrected chi connectivity index (χ3v) is 3.13. The number of carbonyl (C=O) groups excluding carboxylic acids is 1. The molecule has 0 saturated heterocycles. The van der Waals surface area contributed by atoms with Crippen LogP contribution in [0.25, 0.3) is 0 Å². The van der Waals surface area contributed by atoms with Gasteiger partial charge in [-0.25, -0.2) is 4.79 Å². The molecule has 0 spiro atoms. The summed E-state index contributed by atoms with van der Waals surface area (Å²) >= 11 is 0. The summed E-state index contributed by atoms with van der Waals surface area (Å²) in [6.45, 7) is 4.19. The Morgan fingerprint density at radius 2 is 2.05 bits per heavy atom. The number of para-hydroxylation sites is 1. The first-order chi connectivity index (χ1) is 9.08. The van der Waals surface area contributed by atoms with E-state index in [4.69, 9.17) is 9.84 Å². The number of methoxy groups -OCH3 is 1. The highest BCUT2D eigenvalue weighted by Gasteiger charge is 2.13. The normalized spacial score (nSPS) is 13.5. The number of benzene rings is 1. The topological polar surface area (TPSA) is 70.6 Å². The van der Waals surface area contributed by atoms with Gasteiger partial charge in [0.1, 0.15) is 5.75 Å². The summed E-state index contributed by atoms with van der Waals surface area (Å²) in [5.74, 6) is 0.775. The van der Waals surface area contributed by atoms with E-state index in [1.807, 2.05) is 38.1 Å². The van der Waals surface area contributed by atoms with Crippen molar-refractivity contribution in [2.75, 3.05) is 13.7 Å². The van der Waals surface area contributed by atoms with E-state index >= 15 is 0 Å². The third kappa shape index (κ3) is 4.79.